The summed E-state index contributed by atoms with van der Waals surface area (Å²) in [7, 11) is -3.83. The van der Waals surface area contributed by atoms with Crippen molar-refractivity contribution in [1.29, 1.82) is 0 Å². The predicted molar refractivity (Wildman–Crippen MR) is 143 cm³/mol. The van der Waals surface area contributed by atoms with Crippen molar-refractivity contribution in [2.45, 2.75) is 39.7 Å². The standard InChI is InChI=1S/C27H37N3O6S/c1-5-23(27(32)28-18-20(2)3)29(14-13-21-9-7-6-8-10-21)26(31)19-30(37(4,33)34)22-11-12-24-25(17-22)36-16-15-35-24/h6-12,17,20,23H,5,13-16,18-19H2,1-4H3,(H,28,32)/t23-/m0/s1. The van der Waals surface area contributed by atoms with E-state index in [1.807, 2.05) is 51.1 Å². The minimum Gasteiger partial charge on any atom is -0.486 e. The van der Waals surface area contributed by atoms with E-state index < -0.39 is 28.5 Å². The van der Waals surface area contributed by atoms with Gasteiger partial charge in [-0.05, 0) is 36.5 Å². The van der Waals surface area contributed by atoms with Gasteiger partial charge >= 0.3 is 0 Å². The third-order valence-electron chi connectivity index (χ3n) is 6.05. The van der Waals surface area contributed by atoms with E-state index in [1.54, 1.807) is 18.2 Å². The zero-order chi connectivity index (χ0) is 27.0. The van der Waals surface area contributed by atoms with Crippen LogP contribution in [0.25, 0.3) is 0 Å². The second-order valence-corrected chi connectivity index (χ2v) is 11.4. The molecule has 2 aromatic carbocycles. The first-order chi connectivity index (χ1) is 17.6. The second-order valence-electron chi connectivity index (χ2n) is 9.48. The number of rotatable bonds is 12. The van der Waals surface area contributed by atoms with Crippen molar-refractivity contribution in [3.05, 3.63) is 54.1 Å². The number of nitrogens with zero attached hydrogens (tertiary/aromatic N) is 2. The number of anilines is 1. The van der Waals surface area contributed by atoms with Crippen LogP contribution in [0, 0.1) is 5.92 Å². The van der Waals surface area contributed by atoms with Gasteiger partial charge < -0.3 is 19.7 Å². The van der Waals surface area contributed by atoms with E-state index in [2.05, 4.69) is 5.32 Å². The van der Waals surface area contributed by atoms with Gasteiger partial charge in [0.2, 0.25) is 21.8 Å². The van der Waals surface area contributed by atoms with Gasteiger partial charge in [-0.3, -0.25) is 13.9 Å². The Morgan fingerprint density at radius 2 is 1.70 bits per heavy atom. The zero-order valence-electron chi connectivity index (χ0n) is 22.0. The molecule has 1 aliphatic rings. The maximum absolute atomic E-state index is 13.7. The summed E-state index contributed by atoms with van der Waals surface area (Å²) in [4.78, 5) is 28.3. The molecule has 0 aromatic heterocycles. The molecule has 0 saturated heterocycles. The van der Waals surface area contributed by atoms with Crippen LogP contribution in [-0.4, -0.2) is 70.3 Å². The normalized spacial score (nSPS) is 13.6. The molecule has 2 aromatic rings. The van der Waals surface area contributed by atoms with Gasteiger partial charge in [-0.25, -0.2) is 8.42 Å². The summed E-state index contributed by atoms with van der Waals surface area (Å²) in [5, 5.41) is 2.92. The minimum absolute atomic E-state index is 0.247. The molecule has 0 aliphatic carbocycles. The molecule has 37 heavy (non-hydrogen) atoms. The SMILES string of the molecule is CC[C@@H](C(=O)NCC(C)C)N(CCc1ccccc1)C(=O)CN(c1ccc2c(c1)OCCO2)S(C)(=O)=O. The Balaban J connectivity index is 1.88. The van der Waals surface area contributed by atoms with Crippen molar-refractivity contribution < 1.29 is 27.5 Å². The molecule has 9 nitrogen and oxygen atoms in total. The van der Waals surface area contributed by atoms with E-state index in [4.69, 9.17) is 9.47 Å². The largest absolute Gasteiger partial charge is 0.486 e. The highest BCUT2D eigenvalue weighted by Crippen LogP contribution is 2.34. The molecule has 0 bridgehead atoms. The average molecular weight is 532 g/mol. The number of nitrogens with one attached hydrogen (secondary N) is 1. The summed E-state index contributed by atoms with van der Waals surface area (Å²) < 4.78 is 37.8. The Labute approximate surface area is 219 Å². The Morgan fingerprint density at radius 3 is 2.32 bits per heavy atom. The molecule has 1 atom stereocenters. The third-order valence-corrected chi connectivity index (χ3v) is 7.19. The van der Waals surface area contributed by atoms with Gasteiger partial charge in [-0.2, -0.15) is 0 Å². The van der Waals surface area contributed by atoms with Crippen LogP contribution >= 0.6 is 0 Å². The molecule has 1 N–H and O–H groups in total. The van der Waals surface area contributed by atoms with Gasteiger partial charge in [0.15, 0.2) is 11.5 Å². The highest BCUT2D eigenvalue weighted by atomic mass is 32.2. The van der Waals surface area contributed by atoms with E-state index in [9.17, 15) is 18.0 Å². The molecule has 0 unspecified atom stereocenters. The van der Waals surface area contributed by atoms with Crippen LogP contribution in [0.2, 0.25) is 0 Å². The molecule has 1 aliphatic heterocycles. The van der Waals surface area contributed by atoms with Crippen LogP contribution in [0.1, 0.15) is 32.8 Å². The Bertz CT molecular complexity index is 1170. The first-order valence-corrected chi connectivity index (χ1v) is 14.4. The van der Waals surface area contributed by atoms with E-state index in [-0.39, 0.29) is 18.4 Å². The fourth-order valence-corrected chi connectivity index (χ4v) is 4.96. The van der Waals surface area contributed by atoms with Gasteiger partial charge in [0.05, 0.1) is 11.9 Å². The maximum Gasteiger partial charge on any atom is 0.244 e. The topological polar surface area (TPSA) is 105 Å². The summed E-state index contributed by atoms with van der Waals surface area (Å²) >= 11 is 0. The number of hydrogen-bond donors (Lipinski definition) is 1. The molecule has 10 heteroatoms. The second kappa shape index (κ2) is 12.8. The molecule has 0 spiro atoms. The number of hydrogen-bond acceptors (Lipinski definition) is 6. The van der Waals surface area contributed by atoms with E-state index in [0.717, 1.165) is 16.1 Å². The van der Waals surface area contributed by atoms with Crippen LogP contribution in [-0.2, 0) is 26.0 Å². The van der Waals surface area contributed by atoms with Gasteiger partial charge in [-0.15, -0.1) is 0 Å². The molecule has 202 valence electrons. The Kier molecular flexibility index (Phi) is 9.79. The smallest absolute Gasteiger partial charge is 0.244 e. The fourth-order valence-electron chi connectivity index (χ4n) is 4.12. The van der Waals surface area contributed by atoms with Crippen LogP contribution < -0.4 is 19.1 Å². The summed E-state index contributed by atoms with van der Waals surface area (Å²) in [6, 6.07) is 13.7. The van der Waals surface area contributed by atoms with E-state index in [0.29, 0.717) is 49.8 Å². The molecule has 2 amide bonds. The monoisotopic (exact) mass is 531 g/mol. The van der Waals surface area contributed by atoms with Crippen LogP contribution in [0.5, 0.6) is 11.5 Å². The predicted octanol–water partition coefficient (Wildman–Crippen LogP) is 2.85. The number of benzene rings is 2. The molecule has 0 saturated carbocycles. The highest BCUT2D eigenvalue weighted by Gasteiger charge is 2.32. The maximum atomic E-state index is 13.7. The van der Waals surface area contributed by atoms with Crippen molar-refractivity contribution in [1.82, 2.24) is 10.2 Å². The first-order valence-electron chi connectivity index (χ1n) is 12.6. The fraction of sp³-hybridized carbons (Fsp3) is 0.481. The van der Waals surface area contributed by atoms with Crippen molar-refractivity contribution in [2.75, 3.05) is 43.4 Å². The number of carbonyl (C=O) groups is 2. The third kappa shape index (κ3) is 7.85. The van der Waals surface area contributed by atoms with Crippen molar-refractivity contribution >= 4 is 27.5 Å². The molecule has 0 fully saturated rings. The zero-order valence-corrected chi connectivity index (χ0v) is 22.8. The number of ether oxygens (including phenoxy) is 2. The Morgan fingerprint density at radius 1 is 1.03 bits per heavy atom. The summed E-state index contributed by atoms with van der Waals surface area (Å²) in [6.45, 7) is 6.92. The lowest BCUT2D eigenvalue weighted by Gasteiger charge is -2.33. The molecular formula is C27H37N3O6S. The number of carbonyl (C=O) groups excluding carboxylic acids is 2. The highest BCUT2D eigenvalue weighted by molar-refractivity contribution is 7.92. The van der Waals surface area contributed by atoms with Crippen LogP contribution in [0.4, 0.5) is 5.69 Å². The summed E-state index contributed by atoms with van der Waals surface area (Å²) in [6.07, 6.45) is 1.98. The van der Waals surface area contributed by atoms with Crippen molar-refractivity contribution in [2.24, 2.45) is 5.92 Å². The lowest BCUT2D eigenvalue weighted by molar-refractivity contribution is -0.139. The molecule has 0 radical (unpaired) electrons. The first kappa shape index (κ1) is 28.3. The van der Waals surface area contributed by atoms with Gasteiger partial charge in [0, 0.05) is 19.2 Å². The van der Waals surface area contributed by atoms with Crippen LogP contribution in [0.3, 0.4) is 0 Å². The number of amides is 2. The lowest BCUT2D eigenvalue weighted by Crippen LogP contribution is -2.53. The van der Waals surface area contributed by atoms with Crippen molar-refractivity contribution in [3.63, 3.8) is 0 Å². The van der Waals surface area contributed by atoms with E-state index in [1.165, 1.54) is 4.90 Å². The quantitative estimate of drug-likeness (QED) is 0.452. The molecule has 3 rings (SSSR count). The number of fused-ring (bicyclic) bond motifs is 1. The van der Waals surface area contributed by atoms with Crippen LogP contribution in [0.15, 0.2) is 48.5 Å². The van der Waals surface area contributed by atoms with Gasteiger partial charge in [-0.1, -0.05) is 51.1 Å². The Hall–Kier alpha value is -3.27. The van der Waals surface area contributed by atoms with Crippen molar-refractivity contribution in [3.8, 4) is 11.5 Å². The lowest BCUT2D eigenvalue weighted by atomic mass is 10.1. The summed E-state index contributed by atoms with van der Waals surface area (Å²) in [5.74, 6) is 0.494. The molecule has 1 heterocycles. The number of sulfonamides is 1. The van der Waals surface area contributed by atoms with E-state index >= 15 is 0 Å². The van der Waals surface area contributed by atoms with Gasteiger partial charge in [0.25, 0.3) is 0 Å². The molecular weight excluding hydrogens is 494 g/mol. The summed E-state index contributed by atoms with van der Waals surface area (Å²) in [5.41, 5.74) is 1.31. The minimum atomic E-state index is -3.83. The average Bonchev–Trinajstić information content (AvgIpc) is 2.87. The van der Waals surface area contributed by atoms with Gasteiger partial charge in [0.1, 0.15) is 25.8 Å².